The van der Waals surface area contributed by atoms with Gasteiger partial charge in [0.15, 0.2) is 14.6 Å². The number of rotatable bonds is 3. The highest BCUT2D eigenvalue weighted by Gasteiger charge is 2.15. The quantitative estimate of drug-likeness (QED) is 0.753. The Labute approximate surface area is 127 Å². The van der Waals surface area contributed by atoms with Crippen LogP contribution in [0.1, 0.15) is 5.56 Å². The molecule has 0 bridgehead atoms. The third-order valence-electron chi connectivity index (χ3n) is 3.24. The van der Waals surface area contributed by atoms with E-state index in [1.807, 2.05) is 22.8 Å². The van der Waals surface area contributed by atoms with Crippen molar-refractivity contribution < 1.29 is 8.42 Å². The molecule has 0 aliphatic carbocycles. The van der Waals surface area contributed by atoms with Crippen molar-refractivity contribution in [3.05, 3.63) is 53.1 Å². The molecule has 3 aromatic rings. The second kappa shape index (κ2) is 5.09. The molecule has 0 radical (unpaired) electrons. The van der Waals surface area contributed by atoms with E-state index in [0.717, 1.165) is 11.1 Å². The molecular formula is C14H13N3O2S2. The lowest BCUT2D eigenvalue weighted by Gasteiger charge is -2.05. The Morgan fingerprint density at radius 1 is 1.29 bits per heavy atom. The standard InChI is InChI=1S/C14H13N3O2S2/c1-21(18,19)12-6-2-5-11-13(12)16-14(20)17(11)9-10-4-3-7-15-8-10/h2-8H,9H2,1H3,(H,16,20). The Hall–Kier alpha value is -1.99. The van der Waals surface area contributed by atoms with Crippen LogP contribution in [0.3, 0.4) is 0 Å². The summed E-state index contributed by atoms with van der Waals surface area (Å²) in [5.74, 6) is 0. The maximum Gasteiger partial charge on any atom is 0.178 e. The van der Waals surface area contributed by atoms with Gasteiger partial charge in [-0.25, -0.2) is 8.42 Å². The number of nitrogens with zero attached hydrogens (tertiary/aromatic N) is 2. The van der Waals surface area contributed by atoms with E-state index in [-0.39, 0.29) is 4.90 Å². The molecule has 1 N–H and O–H groups in total. The van der Waals surface area contributed by atoms with E-state index in [4.69, 9.17) is 12.2 Å². The normalized spacial score (nSPS) is 11.9. The number of nitrogens with one attached hydrogen (secondary N) is 1. The summed E-state index contributed by atoms with van der Waals surface area (Å²) in [6, 6.07) is 8.97. The number of para-hydroxylation sites is 1. The number of pyridine rings is 1. The number of fused-ring (bicyclic) bond motifs is 1. The number of benzene rings is 1. The van der Waals surface area contributed by atoms with Gasteiger partial charge in [-0.05, 0) is 36.0 Å². The Kier molecular flexibility index (Phi) is 3.38. The van der Waals surface area contributed by atoms with Crippen LogP contribution in [0.4, 0.5) is 0 Å². The molecule has 0 aliphatic heterocycles. The number of imidazole rings is 1. The molecule has 0 spiro atoms. The van der Waals surface area contributed by atoms with E-state index in [1.165, 1.54) is 6.26 Å². The van der Waals surface area contributed by atoms with Gasteiger partial charge in [0.2, 0.25) is 0 Å². The van der Waals surface area contributed by atoms with E-state index in [9.17, 15) is 8.42 Å². The first-order valence-electron chi connectivity index (χ1n) is 6.27. The lowest BCUT2D eigenvalue weighted by atomic mass is 10.2. The van der Waals surface area contributed by atoms with Crippen LogP contribution in [0, 0.1) is 4.77 Å². The molecule has 0 fully saturated rings. The molecule has 7 heteroatoms. The molecule has 2 heterocycles. The Balaban J connectivity index is 2.22. The Bertz CT molecular complexity index is 957. The first kappa shape index (κ1) is 14.0. The van der Waals surface area contributed by atoms with Gasteiger partial charge in [0.05, 0.1) is 22.5 Å². The lowest BCUT2D eigenvalue weighted by Crippen LogP contribution is -2.01. The molecular weight excluding hydrogens is 306 g/mol. The molecule has 0 saturated heterocycles. The number of sulfone groups is 1. The average Bonchev–Trinajstić information content (AvgIpc) is 2.75. The molecule has 1 aromatic carbocycles. The highest BCUT2D eigenvalue weighted by molar-refractivity contribution is 7.91. The maximum absolute atomic E-state index is 11.9. The molecule has 0 unspecified atom stereocenters. The molecule has 5 nitrogen and oxygen atoms in total. The monoisotopic (exact) mass is 319 g/mol. The minimum atomic E-state index is -3.31. The van der Waals surface area contributed by atoms with E-state index >= 15 is 0 Å². The van der Waals surface area contributed by atoms with Gasteiger partial charge in [0.1, 0.15) is 0 Å². The van der Waals surface area contributed by atoms with Crippen molar-refractivity contribution in [2.24, 2.45) is 0 Å². The topological polar surface area (TPSA) is 67.8 Å². The van der Waals surface area contributed by atoms with Gasteiger partial charge in [-0.1, -0.05) is 12.1 Å². The zero-order chi connectivity index (χ0) is 15.0. The minimum Gasteiger partial charge on any atom is -0.329 e. The van der Waals surface area contributed by atoms with Crippen molar-refractivity contribution in [1.29, 1.82) is 0 Å². The van der Waals surface area contributed by atoms with Crippen LogP contribution < -0.4 is 0 Å². The van der Waals surface area contributed by atoms with E-state index in [2.05, 4.69) is 9.97 Å². The minimum absolute atomic E-state index is 0.260. The summed E-state index contributed by atoms with van der Waals surface area (Å²) in [5, 5.41) is 0. The maximum atomic E-state index is 11.9. The van der Waals surface area contributed by atoms with E-state index < -0.39 is 9.84 Å². The Morgan fingerprint density at radius 2 is 2.10 bits per heavy atom. The molecule has 0 saturated carbocycles. The molecule has 21 heavy (non-hydrogen) atoms. The number of hydrogen-bond acceptors (Lipinski definition) is 4. The summed E-state index contributed by atoms with van der Waals surface area (Å²) in [4.78, 5) is 7.34. The largest absolute Gasteiger partial charge is 0.329 e. The van der Waals surface area contributed by atoms with Crippen molar-refractivity contribution >= 4 is 33.1 Å². The van der Waals surface area contributed by atoms with Crippen LogP contribution in [-0.4, -0.2) is 29.2 Å². The average molecular weight is 319 g/mol. The van der Waals surface area contributed by atoms with Gasteiger partial charge in [-0.2, -0.15) is 0 Å². The van der Waals surface area contributed by atoms with Crippen molar-refractivity contribution in [1.82, 2.24) is 14.5 Å². The number of aromatic nitrogens is 3. The smallest absolute Gasteiger partial charge is 0.178 e. The SMILES string of the molecule is CS(=O)(=O)c1cccc2c1[nH]c(=S)n2Cc1cccnc1. The fourth-order valence-corrected chi connectivity index (χ4v) is 3.41. The van der Waals surface area contributed by atoms with Crippen LogP contribution in [0.15, 0.2) is 47.6 Å². The van der Waals surface area contributed by atoms with E-state index in [0.29, 0.717) is 16.8 Å². The number of aromatic amines is 1. The van der Waals surface area contributed by atoms with Gasteiger partial charge in [0.25, 0.3) is 0 Å². The van der Waals surface area contributed by atoms with Crippen LogP contribution in [0.5, 0.6) is 0 Å². The first-order valence-corrected chi connectivity index (χ1v) is 8.57. The van der Waals surface area contributed by atoms with Crippen LogP contribution in [0.25, 0.3) is 11.0 Å². The summed E-state index contributed by atoms with van der Waals surface area (Å²) in [6.07, 6.45) is 4.66. The fraction of sp³-hybridized carbons (Fsp3) is 0.143. The van der Waals surface area contributed by atoms with E-state index in [1.54, 1.807) is 24.5 Å². The van der Waals surface area contributed by atoms with Crippen LogP contribution in [0.2, 0.25) is 0 Å². The molecule has 2 aromatic heterocycles. The van der Waals surface area contributed by atoms with Crippen molar-refractivity contribution in [3.8, 4) is 0 Å². The zero-order valence-electron chi connectivity index (χ0n) is 11.3. The summed E-state index contributed by atoms with van der Waals surface area (Å²) in [7, 11) is -3.31. The molecule has 0 amide bonds. The number of hydrogen-bond donors (Lipinski definition) is 1. The molecule has 0 aliphatic rings. The second-order valence-corrected chi connectivity index (χ2v) is 7.17. The predicted octanol–water partition coefficient (Wildman–Crippen LogP) is 2.55. The zero-order valence-corrected chi connectivity index (χ0v) is 12.9. The second-order valence-electron chi connectivity index (χ2n) is 4.80. The first-order chi connectivity index (χ1) is 9.97. The van der Waals surface area contributed by atoms with Crippen molar-refractivity contribution in [2.45, 2.75) is 11.4 Å². The molecule has 0 atom stereocenters. The van der Waals surface area contributed by atoms with Crippen LogP contribution >= 0.6 is 12.2 Å². The van der Waals surface area contributed by atoms with Crippen molar-refractivity contribution in [3.63, 3.8) is 0 Å². The van der Waals surface area contributed by atoms with Gasteiger partial charge in [-0.15, -0.1) is 0 Å². The molecule has 108 valence electrons. The highest BCUT2D eigenvalue weighted by atomic mass is 32.2. The summed E-state index contributed by atoms with van der Waals surface area (Å²) in [5.41, 5.74) is 2.32. The summed E-state index contributed by atoms with van der Waals surface area (Å²) in [6.45, 7) is 0.542. The fourth-order valence-electron chi connectivity index (χ4n) is 2.29. The summed E-state index contributed by atoms with van der Waals surface area (Å²) >= 11 is 5.33. The third-order valence-corrected chi connectivity index (χ3v) is 4.70. The van der Waals surface area contributed by atoms with Crippen molar-refractivity contribution in [2.75, 3.05) is 6.26 Å². The van der Waals surface area contributed by atoms with Gasteiger partial charge >= 0.3 is 0 Å². The van der Waals surface area contributed by atoms with Crippen LogP contribution in [-0.2, 0) is 16.4 Å². The Morgan fingerprint density at radius 3 is 2.76 bits per heavy atom. The lowest BCUT2D eigenvalue weighted by molar-refractivity contribution is 0.602. The van der Waals surface area contributed by atoms with Gasteiger partial charge < -0.3 is 9.55 Å². The third kappa shape index (κ3) is 2.62. The predicted molar refractivity (Wildman–Crippen MR) is 83.6 cm³/mol. The van der Waals surface area contributed by atoms with Gasteiger partial charge in [-0.3, -0.25) is 4.98 Å². The highest BCUT2D eigenvalue weighted by Crippen LogP contribution is 2.23. The summed E-state index contributed by atoms with van der Waals surface area (Å²) < 4.78 is 26.1. The molecule has 3 rings (SSSR count). The number of H-pyrrole nitrogens is 1. The van der Waals surface area contributed by atoms with Gasteiger partial charge in [0, 0.05) is 18.6 Å².